The third kappa shape index (κ3) is 3.18. The van der Waals surface area contributed by atoms with Crippen LogP contribution in [-0.2, 0) is 6.61 Å². The second-order valence-electron chi connectivity index (χ2n) is 4.80. The molecule has 0 atom stereocenters. The highest BCUT2D eigenvalue weighted by Gasteiger charge is 2.14. The summed E-state index contributed by atoms with van der Waals surface area (Å²) >= 11 is 0. The van der Waals surface area contributed by atoms with Gasteiger partial charge in [0.25, 0.3) is 5.91 Å². The van der Waals surface area contributed by atoms with E-state index in [0.29, 0.717) is 11.3 Å². The zero-order valence-corrected chi connectivity index (χ0v) is 12.0. The molecule has 0 bridgehead atoms. The van der Waals surface area contributed by atoms with Crippen LogP contribution in [0.5, 0.6) is 5.75 Å². The number of H-pyrrole nitrogens is 1. The summed E-state index contributed by atoms with van der Waals surface area (Å²) in [5.41, 5.74) is 7.25. The van der Waals surface area contributed by atoms with Crippen molar-refractivity contribution in [3.63, 3.8) is 0 Å². The Labute approximate surface area is 131 Å². The van der Waals surface area contributed by atoms with Crippen LogP contribution in [0, 0.1) is 5.82 Å². The van der Waals surface area contributed by atoms with Crippen molar-refractivity contribution in [1.29, 1.82) is 0 Å². The minimum absolute atomic E-state index is 0.0837. The fourth-order valence-electron chi connectivity index (χ4n) is 2.09. The Morgan fingerprint density at radius 3 is 2.57 bits per heavy atom. The first-order valence-corrected chi connectivity index (χ1v) is 6.82. The van der Waals surface area contributed by atoms with E-state index >= 15 is 0 Å². The second kappa shape index (κ2) is 6.27. The van der Waals surface area contributed by atoms with Gasteiger partial charge in [0.05, 0.1) is 0 Å². The topological polar surface area (TPSA) is 93.9 Å². The van der Waals surface area contributed by atoms with E-state index in [0.717, 1.165) is 5.56 Å². The number of aromatic nitrogens is 3. The number of carbonyl (C=O) groups is 1. The first-order valence-electron chi connectivity index (χ1n) is 6.82. The number of primary amides is 1. The molecule has 116 valence electrons. The Bertz CT molecular complexity index is 830. The van der Waals surface area contributed by atoms with Gasteiger partial charge in [0.1, 0.15) is 12.3 Å². The van der Waals surface area contributed by atoms with Gasteiger partial charge in [0.2, 0.25) is 0 Å². The fraction of sp³-hybridized carbons (Fsp3) is 0.0625. The van der Waals surface area contributed by atoms with Crippen LogP contribution < -0.4 is 10.5 Å². The molecule has 0 aliphatic carbocycles. The molecule has 0 aliphatic heterocycles. The van der Waals surface area contributed by atoms with E-state index in [9.17, 15) is 9.18 Å². The van der Waals surface area contributed by atoms with Gasteiger partial charge in [-0.15, -0.1) is 0 Å². The summed E-state index contributed by atoms with van der Waals surface area (Å²) in [6, 6.07) is 13.4. The maximum absolute atomic E-state index is 13.5. The van der Waals surface area contributed by atoms with Gasteiger partial charge in [0.15, 0.2) is 17.3 Å². The molecule has 2 aromatic carbocycles. The molecule has 0 radical (unpaired) electrons. The van der Waals surface area contributed by atoms with E-state index in [1.54, 1.807) is 42.5 Å². The van der Waals surface area contributed by atoms with Crippen molar-refractivity contribution in [2.45, 2.75) is 6.61 Å². The highest BCUT2D eigenvalue weighted by Crippen LogP contribution is 2.21. The number of amides is 1. The third-order valence-corrected chi connectivity index (χ3v) is 3.24. The van der Waals surface area contributed by atoms with Crippen LogP contribution in [-0.4, -0.2) is 21.3 Å². The van der Waals surface area contributed by atoms with Gasteiger partial charge in [-0.25, -0.2) is 4.39 Å². The SMILES string of the molecule is NC(=O)c1n[nH]nc1-c1ccc(COc2ccccc2F)cc1. The van der Waals surface area contributed by atoms with Gasteiger partial charge in [0, 0.05) is 5.56 Å². The molecule has 7 heteroatoms. The van der Waals surface area contributed by atoms with E-state index in [4.69, 9.17) is 10.5 Å². The Kier molecular flexibility index (Phi) is 4.01. The minimum atomic E-state index is -0.652. The highest BCUT2D eigenvalue weighted by molar-refractivity contribution is 5.96. The normalized spacial score (nSPS) is 10.5. The van der Waals surface area contributed by atoms with E-state index in [2.05, 4.69) is 15.4 Å². The molecule has 0 saturated heterocycles. The summed E-state index contributed by atoms with van der Waals surface area (Å²) in [5, 5.41) is 10.0. The molecule has 1 heterocycles. The number of benzene rings is 2. The number of nitrogens with zero attached hydrogens (tertiary/aromatic N) is 2. The summed E-state index contributed by atoms with van der Waals surface area (Å²) in [5.74, 6) is -0.859. The molecule has 1 aromatic heterocycles. The number of hydrogen-bond donors (Lipinski definition) is 2. The van der Waals surface area contributed by atoms with Gasteiger partial charge in [-0.3, -0.25) is 4.79 Å². The van der Waals surface area contributed by atoms with E-state index in [1.165, 1.54) is 6.07 Å². The molecule has 3 N–H and O–H groups in total. The average molecular weight is 312 g/mol. The molecule has 3 aromatic rings. The summed E-state index contributed by atoms with van der Waals surface area (Å²) in [4.78, 5) is 11.3. The number of nitrogens with two attached hydrogens (primary N) is 1. The summed E-state index contributed by atoms with van der Waals surface area (Å²) in [6.07, 6.45) is 0. The predicted octanol–water partition coefficient (Wildman–Crippen LogP) is 2.29. The largest absolute Gasteiger partial charge is 0.486 e. The molecule has 0 saturated carbocycles. The van der Waals surface area contributed by atoms with E-state index in [-0.39, 0.29) is 18.1 Å². The lowest BCUT2D eigenvalue weighted by molar-refractivity contribution is 0.0996. The van der Waals surface area contributed by atoms with Gasteiger partial charge in [-0.2, -0.15) is 15.4 Å². The maximum atomic E-state index is 13.5. The second-order valence-corrected chi connectivity index (χ2v) is 4.80. The van der Waals surface area contributed by atoms with Crippen LogP contribution in [0.25, 0.3) is 11.3 Å². The molecule has 0 aliphatic rings. The Morgan fingerprint density at radius 1 is 1.13 bits per heavy atom. The summed E-state index contributed by atoms with van der Waals surface area (Å²) in [7, 11) is 0. The van der Waals surface area contributed by atoms with E-state index < -0.39 is 11.7 Å². The van der Waals surface area contributed by atoms with Crippen molar-refractivity contribution in [1.82, 2.24) is 15.4 Å². The molecule has 6 nitrogen and oxygen atoms in total. The lowest BCUT2D eigenvalue weighted by Crippen LogP contribution is -2.12. The van der Waals surface area contributed by atoms with Crippen LogP contribution in [0.3, 0.4) is 0 Å². The van der Waals surface area contributed by atoms with E-state index in [1.807, 2.05) is 0 Å². The molecule has 0 fully saturated rings. The lowest BCUT2D eigenvalue weighted by atomic mass is 10.1. The number of para-hydroxylation sites is 1. The van der Waals surface area contributed by atoms with Gasteiger partial charge >= 0.3 is 0 Å². The fourth-order valence-corrected chi connectivity index (χ4v) is 2.09. The number of carbonyl (C=O) groups excluding carboxylic acids is 1. The monoisotopic (exact) mass is 312 g/mol. The Morgan fingerprint density at radius 2 is 1.87 bits per heavy atom. The van der Waals surface area contributed by atoms with Gasteiger partial charge < -0.3 is 10.5 Å². The zero-order chi connectivity index (χ0) is 16.2. The molecule has 0 spiro atoms. The third-order valence-electron chi connectivity index (χ3n) is 3.24. The number of nitrogens with one attached hydrogen (secondary N) is 1. The summed E-state index contributed by atoms with van der Waals surface area (Å²) in [6.45, 7) is 0.225. The molecule has 1 amide bonds. The van der Waals surface area contributed by atoms with Crippen LogP contribution in [0.4, 0.5) is 4.39 Å². The smallest absolute Gasteiger partial charge is 0.271 e. The van der Waals surface area contributed by atoms with Gasteiger partial charge in [-0.1, -0.05) is 36.4 Å². The number of halogens is 1. The van der Waals surface area contributed by atoms with Crippen molar-refractivity contribution in [2.24, 2.45) is 5.73 Å². The number of rotatable bonds is 5. The van der Waals surface area contributed by atoms with Crippen molar-refractivity contribution in [3.05, 3.63) is 65.6 Å². The van der Waals surface area contributed by atoms with Crippen LogP contribution in [0.1, 0.15) is 16.1 Å². The first-order chi connectivity index (χ1) is 11.1. The van der Waals surface area contributed by atoms with Crippen molar-refractivity contribution in [3.8, 4) is 17.0 Å². The molecule has 3 rings (SSSR count). The lowest BCUT2D eigenvalue weighted by Gasteiger charge is -2.07. The first kappa shape index (κ1) is 14.7. The number of hydrogen-bond acceptors (Lipinski definition) is 4. The van der Waals surface area contributed by atoms with Crippen molar-refractivity contribution >= 4 is 5.91 Å². The Balaban J connectivity index is 1.74. The minimum Gasteiger partial charge on any atom is -0.486 e. The molecule has 23 heavy (non-hydrogen) atoms. The molecule has 0 unspecified atom stereocenters. The van der Waals surface area contributed by atoms with Crippen molar-refractivity contribution < 1.29 is 13.9 Å². The van der Waals surface area contributed by atoms with Gasteiger partial charge in [-0.05, 0) is 17.7 Å². The van der Waals surface area contributed by atoms with Crippen LogP contribution in [0.15, 0.2) is 48.5 Å². The average Bonchev–Trinajstić information content (AvgIpc) is 3.04. The van der Waals surface area contributed by atoms with Crippen molar-refractivity contribution in [2.75, 3.05) is 0 Å². The van der Waals surface area contributed by atoms with Crippen LogP contribution in [0.2, 0.25) is 0 Å². The highest BCUT2D eigenvalue weighted by atomic mass is 19.1. The molecular formula is C16H13FN4O2. The van der Waals surface area contributed by atoms with Crippen LogP contribution >= 0.6 is 0 Å². The number of aromatic amines is 1. The quantitative estimate of drug-likeness (QED) is 0.756. The summed E-state index contributed by atoms with van der Waals surface area (Å²) < 4.78 is 18.9. The number of ether oxygens (including phenoxy) is 1. The zero-order valence-electron chi connectivity index (χ0n) is 12.0. The maximum Gasteiger partial charge on any atom is 0.271 e. The standard InChI is InChI=1S/C16H13FN4O2/c17-12-3-1-2-4-13(12)23-9-10-5-7-11(8-6-10)14-15(16(18)22)20-21-19-14/h1-8H,9H2,(H2,18,22)(H,19,20,21). The predicted molar refractivity (Wildman–Crippen MR) is 81.1 cm³/mol. The Hall–Kier alpha value is -3.22. The molecular weight excluding hydrogens is 299 g/mol.